The fourth-order valence-electron chi connectivity index (χ4n) is 3.59. The summed E-state index contributed by atoms with van der Waals surface area (Å²) in [4.78, 5) is 14.6. The third-order valence-corrected chi connectivity index (χ3v) is 5.00. The van der Waals surface area contributed by atoms with Gasteiger partial charge in [-0.25, -0.2) is 0 Å². The zero-order chi connectivity index (χ0) is 20.6. The molecule has 0 aliphatic carbocycles. The van der Waals surface area contributed by atoms with Gasteiger partial charge in [0, 0.05) is 31.4 Å². The number of aryl methyl sites for hydroxylation is 1. The van der Waals surface area contributed by atoms with Gasteiger partial charge in [0.1, 0.15) is 0 Å². The number of carbonyl (C=O) groups excluding carboxylic acids is 1. The Labute approximate surface area is 172 Å². The molecule has 2 aromatic carbocycles. The normalized spacial score (nSPS) is 13.1. The minimum absolute atomic E-state index is 0.135. The predicted molar refractivity (Wildman–Crippen MR) is 115 cm³/mol. The van der Waals surface area contributed by atoms with Gasteiger partial charge in [-0.05, 0) is 48.2 Å². The van der Waals surface area contributed by atoms with Crippen LogP contribution in [0.3, 0.4) is 0 Å². The molecular weight excluding hydrogens is 368 g/mol. The van der Waals surface area contributed by atoms with Crippen molar-refractivity contribution in [1.82, 2.24) is 5.32 Å². The second-order valence-corrected chi connectivity index (χ2v) is 6.80. The molecule has 0 saturated carbocycles. The lowest BCUT2D eigenvalue weighted by Gasteiger charge is -2.31. The van der Waals surface area contributed by atoms with Crippen LogP contribution in [0.2, 0.25) is 0 Å². The summed E-state index contributed by atoms with van der Waals surface area (Å²) in [6.45, 7) is 2.40. The lowest BCUT2D eigenvalue weighted by atomic mass is 10.0. The van der Waals surface area contributed by atoms with Gasteiger partial charge in [-0.1, -0.05) is 18.2 Å². The van der Waals surface area contributed by atoms with Crippen LogP contribution in [0, 0.1) is 0 Å². The molecule has 2 aromatic rings. The van der Waals surface area contributed by atoms with Crippen molar-refractivity contribution in [3.8, 4) is 17.2 Å². The Hall–Kier alpha value is -3.15. The van der Waals surface area contributed by atoms with E-state index in [0.717, 1.165) is 31.5 Å². The van der Waals surface area contributed by atoms with Gasteiger partial charge in [0.25, 0.3) is 0 Å². The molecular formula is C23H28N2O4. The third-order valence-electron chi connectivity index (χ3n) is 5.00. The smallest absolute Gasteiger partial charge is 0.244 e. The first-order chi connectivity index (χ1) is 14.2. The number of amides is 1. The Balaban J connectivity index is 1.57. The van der Waals surface area contributed by atoms with Gasteiger partial charge < -0.3 is 24.4 Å². The fourth-order valence-corrected chi connectivity index (χ4v) is 3.59. The van der Waals surface area contributed by atoms with Crippen molar-refractivity contribution in [1.29, 1.82) is 0 Å². The molecule has 154 valence electrons. The molecule has 1 amide bonds. The molecule has 0 unspecified atom stereocenters. The van der Waals surface area contributed by atoms with Crippen LogP contribution in [-0.2, 0) is 11.2 Å². The van der Waals surface area contributed by atoms with Gasteiger partial charge >= 0.3 is 0 Å². The van der Waals surface area contributed by atoms with E-state index in [1.54, 1.807) is 39.5 Å². The number of ether oxygens (including phenoxy) is 3. The first kappa shape index (κ1) is 20.6. The van der Waals surface area contributed by atoms with E-state index >= 15 is 0 Å². The quantitative estimate of drug-likeness (QED) is 0.694. The lowest BCUT2D eigenvalue weighted by molar-refractivity contribution is -0.116. The molecule has 6 heteroatoms. The van der Waals surface area contributed by atoms with Crippen molar-refractivity contribution in [2.75, 3.05) is 45.9 Å². The number of fused-ring (bicyclic) bond motifs is 1. The van der Waals surface area contributed by atoms with Gasteiger partial charge in [0.05, 0.1) is 21.3 Å². The van der Waals surface area contributed by atoms with Crippen LogP contribution < -0.4 is 24.4 Å². The molecule has 0 fully saturated rings. The minimum atomic E-state index is -0.135. The molecule has 0 spiro atoms. The number of methoxy groups -OCH3 is 3. The predicted octanol–water partition coefficient (Wildman–Crippen LogP) is 3.29. The Kier molecular flexibility index (Phi) is 7.00. The van der Waals surface area contributed by atoms with Crippen molar-refractivity contribution >= 4 is 17.7 Å². The number of hydrogen-bond acceptors (Lipinski definition) is 5. The number of nitrogens with one attached hydrogen (secondary N) is 1. The molecule has 1 N–H and O–H groups in total. The molecule has 1 aliphatic rings. The van der Waals surface area contributed by atoms with Crippen molar-refractivity contribution < 1.29 is 19.0 Å². The first-order valence-corrected chi connectivity index (χ1v) is 9.75. The summed E-state index contributed by atoms with van der Waals surface area (Å²) >= 11 is 0. The Morgan fingerprint density at radius 1 is 1.10 bits per heavy atom. The Bertz CT molecular complexity index is 854. The van der Waals surface area contributed by atoms with Crippen molar-refractivity contribution in [3.63, 3.8) is 0 Å². The lowest BCUT2D eigenvalue weighted by Crippen LogP contribution is -2.37. The summed E-state index contributed by atoms with van der Waals surface area (Å²) in [5.41, 5.74) is 3.45. The second kappa shape index (κ2) is 9.87. The standard InChI is InChI=1S/C23H28N2O4/c1-27-20-15-17(16-21(28-2)23(20)29-3)10-11-22(26)24-12-14-25-13-6-8-18-7-4-5-9-19(18)25/h4-5,7,9-11,15-16H,6,8,12-14H2,1-3H3,(H,24,26)/b11-10+. The van der Waals surface area contributed by atoms with E-state index in [1.165, 1.54) is 17.3 Å². The maximum atomic E-state index is 12.2. The number of carbonyl (C=O) groups is 1. The van der Waals surface area contributed by atoms with Gasteiger partial charge in [-0.3, -0.25) is 4.79 Å². The topological polar surface area (TPSA) is 60.0 Å². The fraction of sp³-hybridized carbons (Fsp3) is 0.348. The van der Waals surface area contributed by atoms with Gasteiger partial charge in [-0.15, -0.1) is 0 Å². The molecule has 3 rings (SSSR count). The number of para-hydroxylation sites is 1. The van der Waals surface area contributed by atoms with E-state index < -0.39 is 0 Å². The van der Waals surface area contributed by atoms with Crippen molar-refractivity contribution in [2.45, 2.75) is 12.8 Å². The highest BCUT2D eigenvalue weighted by Gasteiger charge is 2.16. The maximum Gasteiger partial charge on any atom is 0.244 e. The summed E-state index contributed by atoms with van der Waals surface area (Å²) in [6, 6.07) is 12.1. The number of anilines is 1. The summed E-state index contributed by atoms with van der Waals surface area (Å²) < 4.78 is 16.0. The van der Waals surface area contributed by atoms with Gasteiger partial charge in [-0.2, -0.15) is 0 Å². The summed E-state index contributed by atoms with van der Waals surface area (Å²) in [7, 11) is 4.69. The summed E-state index contributed by atoms with van der Waals surface area (Å²) in [5.74, 6) is 1.49. The molecule has 1 aliphatic heterocycles. The highest BCUT2D eigenvalue weighted by molar-refractivity contribution is 5.91. The number of hydrogen-bond donors (Lipinski definition) is 1. The molecule has 6 nitrogen and oxygen atoms in total. The molecule has 0 radical (unpaired) electrons. The molecule has 0 aromatic heterocycles. The average molecular weight is 396 g/mol. The summed E-state index contributed by atoms with van der Waals surface area (Å²) in [6.07, 6.45) is 5.52. The van der Waals surface area contributed by atoms with E-state index in [-0.39, 0.29) is 5.91 Å². The highest BCUT2D eigenvalue weighted by Crippen LogP contribution is 2.38. The number of rotatable bonds is 8. The zero-order valence-electron chi connectivity index (χ0n) is 17.2. The number of nitrogens with zero attached hydrogens (tertiary/aromatic N) is 1. The van der Waals surface area contributed by atoms with Crippen molar-refractivity contribution in [2.24, 2.45) is 0 Å². The molecule has 29 heavy (non-hydrogen) atoms. The van der Waals surface area contributed by atoms with E-state index in [0.29, 0.717) is 23.8 Å². The van der Waals surface area contributed by atoms with Crippen LogP contribution in [0.25, 0.3) is 6.08 Å². The highest BCUT2D eigenvalue weighted by atomic mass is 16.5. The van der Waals surface area contributed by atoms with Crippen LogP contribution in [0.4, 0.5) is 5.69 Å². The molecule has 0 bridgehead atoms. The van der Waals surface area contributed by atoms with E-state index in [2.05, 4.69) is 34.5 Å². The van der Waals surface area contributed by atoms with E-state index in [4.69, 9.17) is 14.2 Å². The summed E-state index contributed by atoms with van der Waals surface area (Å²) in [5, 5.41) is 2.96. The molecule has 1 heterocycles. The van der Waals surface area contributed by atoms with Crippen LogP contribution in [0.1, 0.15) is 17.5 Å². The largest absolute Gasteiger partial charge is 0.493 e. The third kappa shape index (κ3) is 5.02. The first-order valence-electron chi connectivity index (χ1n) is 9.75. The Morgan fingerprint density at radius 2 is 1.83 bits per heavy atom. The Morgan fingerprint density at radius 3 is 2.52 bits per heavy atom. The average Bonchev–Trinajstić information content (AvgIpc) is 2.77. The van der Waals surface area contributed by atoms with Gasteiger partial charge in [0.2, 0.25) is 11.7 Å². The van der Waals surface area contributed by atoms with Gasteiger partial charge in [0.15, 0.2) is 11.5 Å². The maximum absolute atomic E-state index is 12.2. The van der Waals surface area contributed by atoms with Crippen LogP contribution >= 0.6 is 0 Å². The molecule has 0 atom stereocenters. The van der Waals surface area contributed by atoms with Crippen LogP contribution in [0.5, 0.6) is 17.2 Å². The zero-order valence-corrected chi connectivity index (χ0v) is 17.2. The SMILES string of the molecule is COc1cc(/C=C/C(=O)NCCN2CCCc3ccccc32)cc(OC)c1OC. The second-order valence-electron chi connectivity index (χ2n) is 6.80. The molecule has 0 saturated heterocycles. The van der Waals surface area contributed by atoms with Crippen LogP contribution in [-0.4, -0.2) is 46.9 Å². The van der Waals surface area contributed by atoms with E-state index in [1.807, 2.05) is 0 Å². The van der Waals surface area contributed by atoms with Crippen molar-refractivity contribution in [3.05, 3.63) is 53.6 Å². The van der Waals surface area contributed by atoms with Crippen LogP contribution in [0.15, 0.2) is 42.5 Å². The monoisotopic (exact) mass is 396 g/mol. The number of benzene rings is 2. The minimum Gasteiger partial charge on any atom is -0.493 e. The van der Waals surface area contributed by atoms with E-state index in [9.17, 15) is 4.79 Å².